The molecule has 0 aromatic heterocycles. The molecule has 0 heterocycles. The molecule has 0 aliphatic rings. The smallest absolute Gasteiger partial charge is 0.336 e. The van der Waals surface area contributed by atoms with Crippen molar-refractivity contribution in [3.05, 3.63) is 28.2 Å². The third kappa shape index (κ3) is 2.69. The molecule has 12 heavy (non-hydrogen) atoms. The van der Waals surface area contributed by atoms with E-state index in [1.165, 1.54) is 6.07 Å². The minimum atomic E-state index is -0.956. The second kappa shape index (κ2) is 4.74. The molecular weight excluding hydrogens is 263 g/mol. The Balaban J connectivity index is 0.00000121. The topological polar surface area (TPSA) is 37.3 Å². The Morgan fingerprint density at radius 3 is 2.50 bits per heavy atom. The lowest BCUT2D eigenvalue weighted by Crippen LogP contribution is -1.96. The zero-order valence-electron chi connectivity index (χ0n) is 5.82. The van der Waals surface area contributed by atoms with Crippen LogP contribution in [0.1, 0.15) is 10.4 Å². The van der Waals surface area contributed by atoms with Gasteiger partial charge in [-0.2, -0.15) is 0 Å². The summed E-state index contributed by atoms with van der Waals surface area (Å²) in [5.41, 5.74) is 0.219. The number of carboxylic acids is 1. The Bertz CT molecular complexity index is 303. The van der Waals surface area contributed by atoms with Crippen molar-refractivity contribution < 1.29 is 9.90 Å². The zero-order valence-corrected chi connectivity index (χ0v) is 9.12. The van der Waals surface area contributed by atoms with Crippen LogP contribution < -0.4 is 0 Å². The first-order valence-electron chi connectivity index (χ1n) is 2.83. The predicted molar refractivity (Wildman–Crippen MR) is 55.6 cm³/mol. The van der Waals surface area contributed by atoms with Crippen LogP contribution in [0.5, 0.6) is 0 Å². The highest BCUT2D eigenvalue weighted by Gasteiger charge is 2.06. The third-order valence-corrected chi connectivity index (χ3v) is 2.05. The lowest BCUT2D eigenvalue weighted by Gasteiger charge is -1.98. The van der Waals surface area contributed by atoms with E-state index in [1.54, 1.807) is 12.1 Å². The number of halogens is 2. The summed E-state index contributed by atoms with van der Waals surface area (Å²) in [7, 11) is 0. The molecular formula is C7H6BrClO2S. The average Bonchev–Trinajstić information content (AvgIpc) is 1.85. The van der Waals surface area contributed by atoms with Gasteiger partial charge in [0.15, 0.2) is 0 Å². The minimum Gasteiger partial charge on any atom is -0.478 e. The van der Waals surface area contributed by atoms with E-state index in [0.717, 1.165) is 4.47 Å². The van der Waals surface area contributed by atoms with Crippen molar-refractivity contribution in [1.82, 2.24) is 0 Å². The van der Waals surface area contributed by atoms with Crippen molar-refractivity contribution in [2.24, 2.45) is 0 Å². The van der Waals surface area contributed by atoms with Crippen LogP contribution in [-0.2, 0) is 0 Å². The van der Waals surface area contributed by atoms with Crippen molar-refractivity contribution >= 4 is 46.9 Å². The highest BCUT2D eigenvalue weighted by atomic mass is 79.9. The number of carboxylic acid groups (broad SMARTS) is 1. The van der Waals surface area contributed by atoms with Crippen molar-refractivity contribution in [2.45, 2.75) is 4.90 Å². The number of hydrogen-bond acceptors (Lipinski definition) is 2. The van der Waals surface area contributed by atoms with Crippen LogP contribution in [0.2, 0.25) is 0 Å². The number of aromatic carboxylic acids is 1. The number of rotatable bonds is 1. The number of carbonyl (C=O) groups is 1. The molecule has 1 N–H and O–H groups in total. The molecule has 0 saturated heterocycles. The van der Waals surface area contributed by atoms with Gasteiger partial charge in [0, 0.05) is 9.37 Å². The van der Waals surface area contributed by atoms with Gasteiger partial charge in [-0.1, -0.05) is 15.9 Å². The first kappa shape index (κ1) is 11.8. The van der Waals surface area contributed by atoms with E-state index in [9.17, 15) is 4.79 Å². The first-order chi connectivity index (χ1) is 5.11. The highest BCUT2D eigenvalue weighted by Crippen LogP contribution is 2.19. The molecule has 1 aromatic carbocycles. The SMILES string of the molecule is Cl.O=C(O)c1ccc(Br)cc1S. The van der Waals surface area contributed by atoms with E-state index in [2.05, 4.69) is 28.6 Å². The van der Waals surface area contributed by atoms with Gasteiger partial charge < -0.3 is 5.11 Å². The maximum Gasteiger partial charge on any atom is 0.336 e. The molecule has 66 valence electrons. The quantitative estimate of drug-likeness (QED) is 0.769. The molecule has 5 heteroatoms. The van der Waals surface area contributed by atoms with Crippen LogP contribution >= 0.6 is 41.0 Å². The minimum absolute atomic E-state index is 0. The lowest BCUT2D eigenvalue weighted by molar-refractivity contribution is 0.0693. The zero-order chi connectivity index (χ0) is 8.43. The number of thiol groups is 1. The maximum absolute atomic E-state index is 10.5. The van der Waals surface area contributed by atoms with Crippen molar-refractivity contribution in [3.8, 4) is 0 Å². The van der Waals surface area contributed by atoms with Crippen molar-refractivity contribution in [2.75, 3.05) is 0 Å². The van der Waals surface area contributed by atoms with Crippen LogP contribution in [0.15, 0.2) is 27.6 Å². The normalized spacial score (nSPS) is 8.83. The number of hydrogen-bond donors (Lipinski definition) is 2. The van der Waals surface area contributed by atoms with Gasteiger partial charge in [0.25, 0.3) is 0 Å². The predicted octanol–water partition coefficient (Wildman–Crippen LogP) is 2.86. The first-order valence-corrected chi connectivity index (χ1v) is 4.07. The van der Waals surface area contributed by atoms with Crippen LogP contribution in [-0.4, -0.2) is 11.1 Å². The molecule has 0 radical (unpaired) electrons. The standard InChI is InChI=1S/C7H5BrO2S.ClH/c8-4-1-2-5(7(9)10)6(11)3-4;/h1-3,11H,(H,9,10);1H. The molecule has 0 unspecified atom stereocenters. The summed E-state index contributed by atoms with van der Waals surface area (Å²) in [6, 6.07) is 4.82. The third-order valence-electron chi connectivity index (χ3n) is 1.19. The summed E-state index contributed by atoms with van der Waals surface area (Å²) >= 11 is 7.20. The fourth-order valence-electron chi connectivity index (χ4n) is 0.686. The Labute approximate surface area is 89.9 Å². The summed E-state index contributed by atoms with van der Waals surface area (Å²) in [5, 5.41) is 8.59. The Hall–Kier alpha value is -0.190. The number of benzene rings is 1. The van der Waals surface area contributed by atoms with Crippen LogP contribution in [0.25, 0.3) is 0 Å². The Morgan fingerprint density at radius 1 is 1.50 bits per heavy atom. The molecule has 0 amide bonds. The maximum atomic E-state index is 10.5. The average molecular weight is 270 g/mol. The largest absolute Gasteiger partial charge is 0.478 e. The van der Waals surface area contributed by atoms with Gasteiger partial charge >= 0.3 is 5.97 Å². The molecule has 1 aromatic rings. The monoisotopic (exact) mass is 268 g/mol. The lowest BCUT2D eigenvalue weighted by atomic mass is 10.2. The van der Waals surface area contributed by atoms with Gasteiger partial charge in [0.05, 0.1) is 5.56 Å². The Kier molecular flexibility index (Phi) is 4.67. The summed E-state index contributed by atoms with van der Waals surface area (Å²) in [6.07, 6.45) is 0. The van der Waals surface area contributed by atoms with E-state index >= 15 is 0 Å². The van der Waals surface area contributed by atoms with E-state index in [1.807, 2.05) is 0 Å². The molecule has 0 atom stereocenters. The second-order valence-electron chi connectivity index (χ2n) is 1.97. The Morgan fingerprint density at radius 2 is 2.08 bits per heavy atom. The highest BCUT2D eigenvalue weighted by molar-refractivity contribution is 9.10. The van der Waals surface area contributed by atoms with Gasteiger partial charge in [-0.25, -0.2) is 4.79 Å². The fourth-order valence-corrected chi connectivity index (χ4v) is 1.53. The molecule has 1 rings (SSSR count). The second-order valence-corrected chi connectivity index (χ2v) is 3.36. The van der Waals surface area contributed by atoms with Gasteiger partial charge in [-0.05, 0) is 18.2 Å². The van der Waals surface area contributed by atoms with Crippen LogP contribution in [0, 0.1) is 0 Å². The molecule has 0 saturated carbocycles. The van der Waals surface area contributed by atoms with Gasteiger partial charge in [0.1, 0.15) is 0 Å². The van der Waals surface area contributed by atoms with Crippen LogP contribution in [0.4, 0.5) is 0 Å². The molecule has 0 bridgehead atoms. The molecule has 0 aliphatic carbocycles. The summed E-state index contributed by atoms with van der Waals surface area (Å²) in [5.74, 6) is -0.956. The summed E-state index contributed by atoms with van der Waals surface area (Å²) in [6.45, 7) is 0. The van der Waals surface area contributed by atoms with E-state index in [-0.39, 0.29) is 18.0 Å². The van der Waals surface area contributed by atoms with E-state index in [0.29, 0.717) is 4.90 Å². The van der Waals surface area contributed by atoms with E-state index < -0.39 is 5.97 Å². The fraction of sp³-hybridized carbons (Fsp3) is 0. The molecule has 2 nitrogen and oxygen atoms in total. The molecule has 0 fully saturated rings. The molecule has 0 aliphatic heterocycles. The van der Waals surface area contributed by atoms with Crippen molar-refractivity contribution in [3.63, 3.8) is 0 Å². The van der Waals surface area contributed by atoms with Crippen molar-refractivity contribution in [1.29, 1.82) is 0 Å². The van der Waals surface area contributed by atoms with Gasteiger partial charge in [0.2, 0.25) is 0 Å². The molecule has 0 spiro atoms. The van der Waals surface area contributed by atoms with E-state index in [4.69, 9.17) is 5.11 Å². The van der Waals surface area contributed by atoms with Gasteiger partial charge in [-0.3, -0.25) is 0 Å². The summed E-state index contributed by atoms with van der Waals surface area (Å²) in [4.78, 5) is 10.9. The summed E-state index contributed by atoms with van der Waals surface area (Å²) < 4.78 is 0.826. The van der Waals surface area contributed by atoms with Crippen LogP contribution in [0.3, 0.4) is 0 Å². The van der Waals surface area contributed by atoms with Gasteiger partial charge in [-0.15, -0.1) is 25.0 Å².